The molecule has 0 fully saturated rings. The van der Waals surface area contributed by atoms with Gasteiger partial charge in [-0.3, -0.25) is 0 Å². The summed E-state index contributed by atoms with van der Waals surface area (Å²) in [6.45, 7) is 0. The first-order valence-electron chi connectivity index (χ1n) is 7.63. The van der Waals surface area contributed by atoms with Gasteiger partial charge in [0, 0.05) is 11.6 Å². The number of alkyl halides is 3. The molecule has 4 aromatic rings. The second-order valence-corrected chi connectivity index (χ2v) is 7.10. The summed E-state index contributed by atoms with van der Waals surface area (Å²) in [7, 11) is 0. The molecule has 136 valence electrons. The Hall–Kier alpha value is -2.71. The van der Waals surface area contributed by atoms with Gasteiger partial charge in [-0.1, -0.05) is 29.8 Å². The largest absolute Gasteiger partial charge is 0.437 e. The van der Waals surface area contributed by atoms with Crippen LogP contribution in [0.3, 0.4) is 0 Å². The molecule has 27 heavy (non-hydrogen) atoms. The lowest BCUT2D eigenvalue weighted by Gasteiger charge is -2.09. The first-order chi connectivity index (χ1) is 12.9. The molecule has 9 heteroatoms. The second kappa shape index (κ2) is 6.79. The van der Waals surface area contributed by atoms with E-state index in [4.69, 9.17) is 16.3 Å². The second-order valence-electron chi connectivity index (χ2n) is 5.49. The molecule has 0 aliphatic rings. The Kier molecular flexibility index (Phi) is 4.45. The zero-order valence-electron chi connectivity index (χ0n) is 13.4. The van der Waals surface area contributed by atoms with Crippen molar-refractivity contribution >= 4 is 33.2 Å². The number of hydrogen-bond donors (Lipinski definition) is 0. The lowest BCUT2D eigenvalue weighted by atomic mass is 10.1. The summed E-state index contributed by atoms with van der Waals surface area (Å²) in [6, 6.07) is 11.7. The predicted octanol–water partition coefficient (Wildman–Crippen LogP) is 6.22. The third kappa shape index (κ3) is 3.72. The van der Waals surface area contributed by atoms with Crippen molar-refractivity contribution in [1.29, 1.82) is 0 Å². The average Bonchev–Trinajstić information content (AvgIpc) is 3.03. The Balaban J connectivity index is 1.64. The summed E-state index contributed by atoms with van der Waals surface area (Å²) >= 11 is 7.28. The van der Waals surface area contributed by atoms with Crippen LogP contribution in [0, 0.1) is 0 Å². The molecule has 0 aliphatic heterocycles. The molecule has 0 unspecified atom stereocenters. The van der Waals surface area contributed by atoms with Gasteiger partial charge in [-0.25, -0.2) is 15.0 Å². The molecule has 2 aromatic heterocycles. The van der Waals surface area contributed by atoms with Crippen LogP contribution >= 0.6 is 22.9 Å². The number of fused-ring (bicyclic) bond motifs is 1. The van der Waals surface area contributed by atoms with E-state index in [-0.39, 0.29) is 5.88 Å². The summed E-state index contributed by atoms with van der Waals surface area (Å²) in [4.78, 5) is 12.4. The molecule has 4 nitrogen and oxygen atoms in total. The van der Waals surface area contributed by atoms with Crippen molar-refractivity contribution in [2.45, 2.75) is 6.18 Å². The van der Waals surface area contributed by atoms with Crippen LogP contribution in [0.15, 0.2) is 54.9 Å². The van der Waals surface area contributed by atoms with Crippen molar-refractivity contribution in [3.8, 4) is 22.9 Å². The fraction of sp³-hybridized carbons (Fsp3) is 0.0556. The first-order valence-corrected chi connectivity index (χ1v) is 8.82. The van der Waals surface area contributed by atoms with Crippen LogP contribution in [0.2, 0.25) is 4.47 Å². The van der Waals surface area contributed by atoms with Gasteiger partial charge < -0.3 is 4.74 Å². The summed E-state index contributed by atoms with van der Waals surface area (Å²) < 4.78 is 45.2. The highest BCUT2D eigenvalue weighted by atomic mass is 35.5. The lowest BCUT2D eigenvalue weighted by Crippen LogP contribution is -2.04. The Labute approximate surface area is 160 Å². The van der Waals surface area contributed by atoms with Gasteiger partial charge in [0.05, 0.1) is 16.0 Å². The van der Waals surface area contributed by atoms with Crippen molar-refractivity contribution in [2.24, 2.45) is 0 Å². The highest BCUT2D eigenvalue weighted by Gasteiger charge is 2.30. The maximum atomic E-state index is 12.7. The van der Waals surface area contributed by atoms with Crippen LogP contribution < -0.4 is 4.74 Å². The molecule has 0 atom stereocenters. The lowest BCUT2D eigenvalue weighted by molar-refractivity contribution is -0.137. The number of thiazole rings is 1. The van der Waals surface area contributed by atoms with E-state index in [2.05, 4.69) is 15.0 Å². The van der Waals surface area contributed by atoms with Crippen molar-refractivity contribution in [3.63, 3.8) is 0 Å². The Bertz CT molecular complexity index is 1110. The van der Waals surface area contributed by atoms with Crippen LogP contribution in [0.25, 0.3) is 21.5 Å². The number of aromatic nitrogens is 3. The minimum Gasteiger partial charge on any atom is -0.437 e. The smallest absolute Gasteiger partial charge is 0.416 e. The Morgan fingerprint density at radius 3 is 2.52 bits per heavy atom. The predicted molar refractivity (Wildman–Crippen MR) is 97.2 cm³/mol. The van der Waals surface area contributed by atoms with E-state index in [0.29, 0.717) is 27.0 Å². The van der Waals surface area contributed by atoms with Gasteiger partial charge in [-0.15, -0.1) is 11.3 Å². The molecule has 0 amide bonds. The molecule has 2 heterocycles. The Morgan fingerprint density at radius 1 is 1.00 bits per heavy atom. The maximum Gasteiger partial charge on any atom is 0.416 e. The first kappa shape index (κ1) is 17.7. The molecular formula is C18H9ClF3N3OS. The maximum absolute atomic E-state index is 12.7. The molecular weight excluding hydrogens is 399 g/mol. The average molecular weight is 408 g/mol. The minimum absolute atomic E-state index is 0.247. The van der Waals surface area contributed by atoms with Crippen LogP contribution in [0.1, 0.15) is 5.56 Å². The summed E-state index contributed by atoms with van der Waals surface area (Å²) in [5.41, 5.74) is 0.855. The van der Waals surface area contributed by atoms with Gasteiger partial charge in [0.15, 0.2) is 10.2 Å². The summed E-state index contributed by atoms with van der Waals surface area (Å²) in [5.74, 6) is 0.726. The molecule has 0 radical (unpaired) electrons. The van der Waals surface area contributed by atoms with Crippen LogP contribution in [0.5, 0.6) is 11.6 Å². The van der Waals surface area contributed by atoms with Crippen molar-refractivity contribution in [1.82, 2.24) is 15.0 Å². The van der Waals surface area contributed by atoms with Gasteiger partial charge in [0.25, 0.3) is 0 Å². The standard InChI is InChI=1S/C18H9ClF3N3OS/c19-17-25-16-13(2-1-3-14(16)27-17)26-15-8-12(23-9-24-15)10-4-6-11(7-5-10)18(20,21)22/h1-9H. The van der Waals surface area contributed by atoms with Gasteiger partial charge in [-0.05, 0) is 24.3 Å². The number of ether oxygens (including phenoxy) is 1. The van der Waals surface area contributed by atoms with E-state index in [9.17, 15) is 13.2 Å². The normalized spacial score (nSPS) is 11.7. The molecule has 0 bridgehead atoms. The number of halogens is 4. The zero-order valence-corrected chi connectivity index (χ0v) is 14.9. The van der Waals surface area contributed by atoms with E-state index < -0.39 is 11.7 Å². The highest BCUT2D eigenvalue weighted by Crippen LogP contribution is 2.35. The highest BCUT2D eigenvalue weighted by molar-refractivity contribution is 7.22. The fourth-order valence-corrected chi connectivity index (χ4v) is 3.52. The molecule has 4 rings (SSSR count). The zero-order chi connectivity index (χ0) is 19.0. The SMILES string of the molecule is FC(F)(F)c1ccc(-c2cc(Oc3cccc4sc(Cl)nc34)ncn2)cc1. The molecule has 0 aliphatic carbocycles. The monoisotopic (exact) mass is 407 g/mol. The fourth-order valence-electron chi connectivity index (χ4n) is 2.47. The van der Waals surface area contributed by atoms with E-state index in [1.165, 1.54) is 29.8 Å². The third-order valence-corrected chi connectivity index (χ3v) is 4.85. The minimum atomic E-state index is -4.38. The van der Waals surface area contributed by atoms with Crippen molar-refractivity contribution in [2.75, 3.05) is 0 Å². The number of benzene rings is 2. The van der Waals surface area contributed by atoms with E-state index in [1.54, 1.807) is 12.1 Å². The van der Waals surface area contributed by atoms with Gasteiger partial charge in [-0.2, -0.15) is 13.2 Å². The summed E-state index contributed by atoms with van der Waals surface area (Å²) in [5, 5.41) is 0. The van der Waals surface area contributed by atoms with E-state index in [0.717, 1.165) is 16.8 Å². The van der Waals surface area contributed by atoms with Crippen molar-refractivity contribution < 1.29 is 17.9 Å². The molecule has 2 aromatic carbocycles. The quantitative estimate of drug-likeness (QED) is 0.404. The Morgan fingerprint density at radius 2 is 1.78 bits per heavy atom. The number of nitrogens with zero attached hydrogens (tertiary/aromatic N) is 3. The van der Waals surface area contributed by atoms with Crippen molar-refractivity contribution in [3.05, 3.63) is 64.9 Å². The number of rotatable bonds is 3. The van der Waals surface area contributed by atoms with Gasteiger partial charge in [0.2, 0.25) is 5.88 Å². The molecule has 0 saturated heterocycles. The van der Waals surface area contributed by atoms with E-state index >= 15 is 0 Å². The van der Waals surface area contributed by atoms with Gasteiger partial charge in [0.1, 0.15) is 11.8 Å². The van der Waals surface area contributed by atoms with Crippen LogP contribution in [0.4, 0.5) is 13.2 Å². The molecule has 0 N–H and O–H groups in total. The number of hydrogen-bond acceptors (Lipinski definition) is 5. The van der Waals surface area contributed by atoms with Gasteiger partial charge >= 0.3 is 6.18 Å². The summed E-state index contributed by atoms with van der Waals surface area (Å²) in [6.07, 6.45) is -3.09. The van der Waals surface area contributed by atoms with Crippen LogP contribution in [-0.2, 0) is 6.18 Å². The third-order valence-electron chi connectivity index (χ3n) is 3.72. The number of para-hydroxylation sites is 1. The topological polar surface area (TPSA) is 47.9 Å². The molecule has 0 saturated carbocycles. The van der Waals surface area contributed by atoms with Crippen LogP contribution in [-0.4, -0.2) is 15.0 Å². The van der Waals surface area contributed by atoms with E-state index in [1.807, 2.05) is 12.1 Å². The molecule has 0 spiro atoms.